The monoisotopic (exact) mass is 395 g/mol. The lowest BCUT2D eigenvalue weighted by Crippen LogP contribution is -2.52. The molecule has 0 aromatic heterocycles. The van der Waals surface area contributed by atoms with Crippen LogP contribution in [0.5, 0.6) is 0 Å². The highest BCUT2D eigenvalue weighted by Crippen LogP contribution is 2.18. The second kappa shape index (κ2) is 10.1. The molecule has 1 aromatic rings. The summed E-state index contributed by atoms with van der Waals surface area (Å²) in [4.78, 5) is 28.4. The minimum absolute atomic E-state index is 0. The average molecular weight is 396 g/mol. The van der Waals surface area contributed by atoms with Crippen LogP contribution in [0.25, 0.3) is 0 Å². The molecule has 7 nitrogen and oxygen atoms in total. The van der Waals surface area contributed by atoms with E-state index in [-0.39, 0.29) is 36.8 Å². The van der Waals surface area contributed by atoms with Crippen LogP contribution in [0.4, 0.5) is 0 Å². The first kappa shape index (κ1) is 21.7. The first-order valence-corrected chi connectivity index (χ1v) is 9.29. The Morgan fingerprint density at radius 1 is 1.11 bits per heavy atom. The third-order valence-corrected chi connectivity index (χ3v) is 5.24. The SMILES string of the molecule is Cl.O=C(c1ccccc1)N1CCC[C@H](NCC(=O)N2CCC[C@H]2B(O)O)C1. The van der Waals surface area contributed by atoms with Gasteiger partial charge >= 0.3 is 7.12 Å². The second-order valence-corrected chi connectivity index (χ2v) is 7.05. The Hall–Kier alpha value is -1.61. The molecule has 2 heterocycles. The molecule has 3 rings (SSSR count). The van der Waals surface area contributed by atoms with E-state index in [9.17, 15) is 19.6 Å². The van der Waals surface area contributed by atoms with Crippen molar-refractivity contribution in [3.05, 3.63) is 35.9 Å². The molecule has 3 N–H and O–H groups in total. The highest BCUT2D eigenvalue weighted by Gasteiger charge is 2.36. The van der Waals surface area contributed by atoms with E-state index in [4.69, 9.17) is 0 Å². The van der Waals surface area contributed by atoms with E-state index in [0.29, 0.717) is 25.1 Å². The van der Waals surface area contributed by atoms with Crippen LogP contribution in [0.15, 0.2) is 30.3 Å². The molecule has 0 aliphatic carbocycles. The zero-order valence-corrected chi connectivity index (χ0v) is 16.1. The first-order valence-electron chi connectivity index (χ1n) is 9.29. The van der Waals surface area contributed by atoms with Crippen LogP contribution in [0, 0.1) is 0 Å². The van der Waals surface area contributed by atoms with Crippen molar-refractivity contribution in [2.24, 2.45) is 0 Å². The average Bonchev–Trinajstić information content (AvgIpc) is 3.17. The lowest BCUT2D eigenvalue weighted by atomic mass is 9.78. The molecular weight excluding hydrogens is 368 g/mol. The summed E-state index contributed by atoms with van der Waals surface area (Å²) in [6.07, 6.45) is 3.22. The van der Waals surface area contributed by atoms with Crippen LogP contribution >= 0.6 is 12.4 Å². The Morgan fingerprint density at radius 3 is 2.52 bits per heavy atom. The second-order valence-electron chi connectivity index (χ2n) is 7.05. The number of hydrogen-bond acceptors (Lipinski definition) is 5. The minimum Gasteiger partial charge on any atom is -0.426 e. The molecule has 0 saturated carbocycles. The summed E-state index contributed by atoms with van der Waals surface area (Å²) in [6, 6.07) is 9.30. The van der Waals surface area contributed by atoms with Crippen LogP contribution in [-0.2, 0) is 4.79 Å². The van der Waals surface area contributed by atoms with Crippen LogP contribution < -0.4 is 5.32 Å². The van der Waals surface area contributed by atoms with Crippen molar-refractivity contribution in [1.29, 1.82) is 0 Å². The quantitative estimate of drug-likeness (QED) is 0.624. The van der Waals surface area contributed by atoms with Gasteiger partial charge in [0.2, 0.25) is 5.91 Å². The van der Waals surface area contributed by atoms with Gasteiger partial charge in [-0.2, -0.15) is 0 Å². The molecule has 2 amide bonds. The number of amides is 2. The molecule has 2 aliphatic heterocycles. The molecule has 2 atom stereocenters. The lowest BCUT2D eigenvalue weighted by Gasteiger charge is -2.34. The Bertz CT molecular complexity index is 634. The van der Waals surface area contributed by atoms with Crippen molar-refractivity contribution in [2.75, 3.05) is 26.2 Å². The van der Waals surface area contributed by atoms with Crippen molar-refractivity contribution in [3.8, 4) is 0 Å². The standard InChI is InChI=1S/C18H26BN3O4.ClH/c23-17(22-11-5-9-16(22)19(25)26)12-20-15-8-4-10-21(13-15)18(24)14-6-2-1-3-7-14;/h1-3,6-7,15-16,20,25-26H,4-5,8-13H2;1H/t15-,16-;/m0./s1. The molecule has 2 aliphatic rings. The highest BCUT2D eigenvalue weighted by molar-refractivity contribution is 6.43. The molecule has 1 aromatic carbocycles. The van der Waals surface area contributed by atoms with Gasteiger partial charge < -0.3 is 25.2 Å². The van der Waals surface area contributed by atoms with Gasteiger partial charge in [-0.05, 0) is 37.8 Å². The number of likely N-dealkylation sites (tertiary alicyclic amines) is 2. The summed E-state index contributed by atoms with van der Waals surface area (Å²) in [6.45, 7) is 2.02. The summed E-state index contributed by atoms with van der Waals surface area (Å²) in [5.74, 6) is -0.606. The van der Waals surface area contributed by atoms with Crippen molar-refractivity contribution in [1.82, 2.24) is 15.1 Å². The topological polar surface area (TPSA) is 93.1 Å². The molecule has 0 bridgehead atoms. The van der Waals surface area contributed by atoms with Crippen molar-refractivity contribution >= 4 is 31.3 Å². The summed E-state index contributed by atoms with van der Waals surface area (Å²) in [5.41, 5.74) is 0.682. The zero-order chi connectivity index (χ0) is 18.5. The summed E-state index contributed by atoms with van der Waals surface area (Å²) in [5, 5.41) is 22.0. The number of rotatable bonds is 5. The maximum Gasteiger partial charge on any atom is 0.475 e. The molecule has 2 fully saturated rings. The third kappa shape index (κ3) is 5.45. The van der Waals surface area contributed by atoms with Gasteiger partial charge in [-0.15, -0.1) is 12.4 Å². The predicted octanol–water partition coefficient (Wildman–Crippen LogP) is 0.306. The van der Waals surface area contributed by atoms with Gasteiger partial charge in [-0.1, -0.05) is 18.2 Å². The van der Waals surface area contributed by atoms with Gasteiger partial charge in [0.1, 0.15) is 0 Å². The van der Waals surface area contributed by atoms with E-state index in [0.717, 1.165) is 25.8 Å². The minimum atomic E-state index is -1.49. The van der Waals surface area contributed by atoms with Crippen LogP contribution in [-0.4, -0.2) is 76.9 Å². The van der Waals surface area contributed by atoms with E-state index in [1.165, 1.54) is 0 Å². The fraction of sp³-hybridized carbons (Fsp3) is 0.556. The molecule has 148 valence electrons. The van der Waals surface area contributed by atoms with E-state index < -0.39 is 13.1 Å². The van der Waals surface area contributed by atoms with Gasteiger partial charge in [0.05, 0.1) is 12.5 Å². The summed E-state index contributed by atoms with van der Waals surface area (Å²) >= 11 is 0. The Labute approximate surface area is 166 Å². The van der Waals surface area contributed by atoms with E-state index in [1.807, 2.05) is 35.2 Å². The maximum atomic E-state index is 12.6. The molecular formula is C18H27BClN3O4. The van der Waals surface area contributed by atoms with Gasteiger partial charge in [0.15, 0.2) is 0 Å². The van der Waals surface area contributed by atoms with E-state index >= 15 is 0 Å². The molecule has 0 spiro atoms. The number of hydrogen-bond donors (Lipinski definition) is 3. The van der Waals surface area contributed by atoms with Gasteiger partial charge in [-0.25, -0.2) is 0 Å². The number of halogens is 1. The van der Waals surface area contributed by atoms with Gasteiger partial charge in [0.25, 0.3) is 5.91 Å². The molecule has 27 heavy (non-hydrogen) atoms. The Balaban J connectivity index is 0.00000261. The molecule has 2 saturated heterocycles. The smallest absolute Gasteiger partial charge is 0.426 e. The number of carbonyl (C=O) groups excluding carboxylic acids is 2. The van der Waals surface area contributed by atoms with E-state index in [1.54, 1.807) is 4.90 Å². The fourth-order valence-corrected chi connectivity index (χ4v) is 3.84. The molecule has 9 heteroatoms. The number of nitrogens with zero attached hydrogens (tertiary/aromatic N) is 2. The lowest BCUT2D eigenvalue weighted by molar-refractivity contribution is -0.130. The fourth-order valence-electron chi connectivity index (χ4n) is 3.84. The molecule has 0 unspecified atom stereocenters. The van der Waals surface area contributed by atoms with Crippen molar-refractivity contribution in [2.45, 2.75) is 37.7 Å². The molecule has 0 radical (unpaired) electrons. The van der Waals surface area contributed by atoms with Crippen LogP contribution in [0.3, 0.4) is 0 Å². The normalized spacial score (nSPS) is 22.3. The van der Waals surface area contributed by atoms with Crippen molar-refractivity contribution < 1.29 is 19.6 Å². The van der Waals surface area contributed by atoms with Crippen molar-refractivity contribution in [3.63, 3.8) is 0 Å². The number of nitrogens with one attached hydrogen (secondary N) is 1. The van der Waals surface area contributed by atoms with E-state index in [2.05, 4.69) is 5.32 Å². The zero-order valence-electron chi connectivity index (χ0n) is 15.3. The number of benzene rings is 1. The van der Waals surface area contributed by atoms with Crippen LogP contribution in [0.2, 0.25) is 0 Å². The highest BCUT2D eigenvalue weighted by atomic mass is 35.5. The maximum absolute atomic E-state index is 12.6. The third-order valence-electron chi connectivity index (χ3n) is 5.24. The summed E-state index contributed by atoms with van der Waals surface area (Å²) in [7, 11) is -1.49. The Morgan fingerprint density at radius 2 is 1.81 bits per heavy atom. The van der Waals surface area contributed by atoms with Crippen LogP contribution in [0.1, 0.15) is 36.0 Å². The van der Waals surface area contributed by atoms with Gasteiger partial charge in [-0.3, -0.25) is 9.59 Å². The summed E-state index contributed by atoms with van der Waals surface area (Å²) < 4.78 is 0. The number of carbonyl (C=O) groups is 2. The largest absolute Gasteiger partial charge is 0.475 e. The predicted molar refractivity (Wildman–Crippen MR) is 106 cm³/mol. The Kier molecular flexibility index (Phi) is 8.10. The number of piperidine rings is 1. The first-order chi connectivity index (χ1) is 12.6. The van der Waals surface area contributed by atoms with Gasteiger partial charge in [0, 0.05) is 31.2 Å².